The van der Waals surface area contributed by atoms with Crippen LogP contribution in [0.15, 0.2) is 42.5 Å². The highest BCUT2D eigenvalue weighted by Crippen LogP contribution is 2.29. The minimum atomic E-state index is 0. The molecule has 0 amide bonds. The van der Waals surface area contributed by atoms with Crippen molar-refractivity contribution in [1.29, 1.82) is 0 Å². The average Bonchev–Trinajstić information content (AvgIpc) is 2.85. The van der Waals surface area contributed by atoms with Crippen molar-refractivity contribution in [1.82, 2.24) is 15.1 Å². The van der Waals surface area contributed by atoms with E-state index in [0.717, 1.165) is 66.3 Å². The van der Waals surface area contributed by atoms with Crippen molar-refractivity contribution >= 4 is 41.4 Å². The normalized spacial score (nSPS) is 14.1. The van der Waals surface area contributed by atoms with Crippen molar-refractivity contribution in [2.45, 2.75) is 32.0 Å². The van der Waals surface area contributed by atoms with E-state index in [1.807, 2.05) is 30.3 Å². The van der Waals surface area contributed by atoms with Crippen LogP contribution in [-0.2, 0) is 17.9 Å². The van der Waals surface area contributed by atoms with Gasteiger partial charge in [0.05, 0.1) is 26.0 Å². The van der Waals surface area contributed by atoms with Gasteiger partial charge in [0.2, 0.25) is 0 Å². The maximum Gasteiger partial charge on any atom is 0.156 e. The molecule has 3 aromatic rings. The molecular weight excluding hydrogens is 491 g/mol. The zero-order valence-electron chi connectivity index (χ0n) is 20.1. The van der Waals surface area contributed by atoms with Gasteiger partial charge >= 0.3 is 0 Å². The number of aromatic nitrogens is 2. The fourth-order valence-electron chi connectivity index (χ4n) is 4.25. The van der Waals surface area contributed by atoms with E-state index in [0.29, 0.717) is 19.3 Å². The van der Waals surface area contributed by atoms with Gasteiger partial charge in [0.15, 0.2) is 5.82 Å². The summed E-state index contributed by atoms with van der Waals surface area (Å²) in [5, 5.41) is 23.5. The lowest BCUT2D eigenvalue weighted by Crippen LogP contribution is -2.38. The van der Waals surface area contributed by atoms with Crippen molar-refractivity contribution in [2.24, 2.45) is 0 Å². The summed E-state index contributed by atoms with van der Waals surface area (Å²) in [7, 11) is 3.33. The van der Waals surface area contributed by atoms with Gasteiger partial charge in [-0.1, -0.05) is 12.1 Å². The number of likely N-dealkylation sites (tertiary alicyclic amines) is 1. The number of hydrogen-bond acceptors (Lipinski definition) is 8. The standard InChI is InChI=1S/C25H32N4O4.2ClH/c1-31-17-24-22-7-6-20(32-2)15-23(22)25(28-27-24)26-19-8-10-29(11-9-19)16-18-4-3-5-21(14-18)33-13-12-30;;/h3-7,14-15,19,30H,8-13,16-17H2,1-2H3,(H,26,28);2*1H. The number of benzene rings is 2. The van der Waals surface area contributed by atoms with E-state index in [-0.39, 0.29) is 31.4 Å². The van der Waals surface area contributed by atoms with E-state index in [9.17, 15) is 0 Å². The summed E-state index contributed by atoms with van der Waals surface area (Å²) in [5.74, 6) is 2.38. The Kier molecular flexibility index (Phi) is 11.8. The number of rotatable bonds is 10. The summed E-state index contributed by atoms with van der Waals surface area (Å²) in [4.78, 5) is 2.46. The van der Waals surface area contributed by atoms with Crippen molar-refractivity contribution in [3.05, 3.63) is 53.7 Å². The predicted octanol–water partition coefficient (Wildman–Crippen LogP) is 4.08. The summed E-state index contributed by atoms with van der Waals surface area (Å²) in [5.41, 5.74) is 2.04. The van der Waals surface area contributed by atoms with Gasteiger partial charge in [-0.25, -0.2) is 0 Å². The Balaban J connectivity index is 0.00000216. The molecule has 1 aromatic heterocycles. The number of nitrogens with one attached hydrogen (secondary N) is 1. The number of ether oxygens (including phenoxy) is 3. The molecule has 2 N–H and O–H groups in total. The van der Waals surface area contributed by atoms with E-state index in [2.05, 4.69) is 32.5 Å². The van der Waals surface area contributed by atoms with Crippen molar-refractivity contribution in [3.8, 4) is 11.5 Å². The molecule has 35 heavy (non-hydrogen) atoms. The number of nitrogens with zero attached hydrogens (tertiary/aromatic N) is 3. The summed E-state index contributed by atoms with van der Waals surface area (Å²) in [6.45, 7) is 3.63. The molecule has 0 spiro atoms. The Morgan fingerprint density at radius 2 is 1.80 bits per heavy atom. The summed E-state index contributed by atoms with van der Waals surface area (Å²) >= 11 is 0. The molecule has 1 fully saturated rings. The van der Waals surface area contributed by atoms with Gasteiger partial charge in [-0.3, -0.25) is 4.90 Å². The number of piperidine rings is 1. The zero-order valence-corrected chi connectivity index (χ0v) is 21.7. The Labute approximate surface area is 218 Å². The minimum absolute atomic E-state index is 0. The molecule has 0 unspecified atom stereocenters. The highest BCUT2D eigenvalue weighted by molar-refractivity contribution is 5.94. The zero-order chi connectivity index (χ0) is 23.0. The van der Waals surface area contributed by atoms with Crippen molar-refractivity contribution in [3.63, 3.8) is 0 Å². The molecule has 0 aliphatic carbocycles. The first-order valence-electron chi connectivity index (χ1n) is 11.3. The number of anilines is 1. The number of fused-ring (bicyclic) bond motifs is 1. The van der Waals surface area contributed by atoms with Gasteiger partial charge in [-0.05, 0) is 48.7 Å². The lowest BCUT2D eigenvalue weighted by molar-refractivity contribution is 0.182. The molecule has 1 aliphatic rings. The predicted molar refractivity (Wildman–Crippen MR) is 142 cm³/mol. The maximum absolute atomic E-state index is 8.95. The van der Waals surface area contributed by atoms with Crippen LogP contribution in [0.3, 0.4) is 0 Å². The highest BCUT2D eigenvalue weighted by atomic mass is 35.5. The van der Waals surface area contributed by atoms with Crippen LogP contribution in [0.25, 0.3) is 10.8 Å². The first kappa shape index (κ1) is 28.9. The maximum atomic E-state index is 8.95. The first-order valence-corrected chi connectivity index (χ1v) is 11.3. The number of methoxy groups -OCH3 is 2. The van der Waals surface area contributed by atoms with Crippen LogP contribution >= 0.6 is 24.8 Å². The molecule has 10 heteroatoms. The Bertz CT molecular complexity index is 1060. The molecule has 8 nitrogen and oxygen atoms in total. The van der Waals surface area contributed by atoms with Crippen LogP contribution in [0.4, 0.5) is 5.82 Å². The van der Waals surface area contributed by atoms with Crippen LogP contribution < -0.4 is 14.8 Å². The molecule has 1 aliphatic heterocycles. The smallest absolute Gasteiger partial charge is 0.156 e. The molecule has 192 valence electrons. The Morgan fingerprint density at radius 3 is 2.51 bits per heavy atom. The van der Waals surface area contributed by atoms with Crippen LogP contribution in [0.5, 0.6) is 11.5 Å². The van der Waals surface area contributed by atoms with Gasteiger partial charge < -0.3 is 24.6 Å². The summed E-state index contributed by atoms with van der Waals surface area (Å²) < 4.78 is 16.3. The second kappa shape index (κ2) is 14.3. The topological polar surface area (TPSA) is 89.0 Å². The Hall–Kier alpha value is -2.36. The van der Waals surface area contributed by atoms with E-state index >= 15 is 0 Å². The molecule has 2 heterocycles. The van der Waals surface area contributed by atoms with Gasteiger partial charge in [0.25, 0.3) is 0 Å². The SMILES string of the molecule is COCc1nnc(NC2CCN(Cc3cccc(OCCO)c3)CC2)c2cc(OC)ccc12.Cl.Cl. The fourth-order valence-corrected chi connectivity index (χ4v) is 4.25. The van der Waals surface area contributed by atoms with Crippen LogP contribution in [-0.4, -0.2) is 66.8 Å². The molecule has 0 bridgehead atoms. The lowest BCUT2D eigenvalue weighted by Gasteiger charge is -2.32. The van der Waals surface area contributed by atoms with E-state index in [4.69, 9.17) is 19.3 Å². The van der Waals surface area contributed by atoms with Gasteiger partial charge in [0.1, 0.15) is 18.1 Å². The molecule has 0 atom stereocenters. The lowest BCUT2D eigenvalue weighted by atomic mass is 10.0. The fraction of sp³-hybridized carbons (Fsp3) is 0.440. The molecule has 2 aromatic carbocycles. The van der Waals surface area contributed by atoms with Crippen LogP contribution in [0, 0.1) is 0 Å². The molecular formula is C25H34Cl2N4O4. The van der Waals surface area contributed by atoms with Gasteiger partial charge in [-0.15, -0.1) is 29.9 Å². The number of halogens is 2. The van der Waals surface area contributed by atoms with Gasteiger partial charge in [-0.2, -0.15) is 5.10 Å². The Morgan fingerprint density at radius 1 is 1.00 bits per heavy atom. The second-order valence-corrected chi connectivity index (χ2v) is 8.25. The van der Waals surface area contributed by atoms with E-state index in [1.54, 1.807) is 14.2 Å². The van der Waals surface area contributed by atoms with E-state index < -0.39 is 0 Å². The summed E-state index contributed by atoms with van der Waals surface area (Å²) in [6.07, 6.45) is 2.04. The molecule has 4 rings (SSSR count). The van der Waals surface area contributed by atoms with Crippen molar-refractivity contribution < 1.29 is 19.3 Å². The number of hydrogen-bond donors (Lipinski definition) is 2. The minimum Gasteiger partial charge on any atom is -0.497 e. The largest absolute Gasteiger partial charge is 0.497 e. The monoisotopic (exact) mass is 524 g/mol. The van der Waals surface area contributed by atoms with Crippen molar-refractivity contribution in [2.75, 3.05) is 45.8 Å². The number of aliphatic hydroxyl groups is 1. The third-order valence-corrected chi connectivity index (χ3v) is 5.94. The quantitative estimate of drug-likeness (QED) is 0.410. The van der Waals surface area contributed by atoms with Gasteiger partial charge in [0, 0.05) is 43.6 Å². The highest BCUT2D eigenvalue weighted by Gasteiger charge is 2.21. The summed E-state index contributed by atoms with van der Waals surface area (Å²) in [6, 6.07) is 14.4. The molecule has 1 saturated heterocycles. The molecule has 0 radical (unpaired) electrons. The second-order valence-electron chi connectivity index (χ2n) is 8.25. The first-order chi connectivity index (χ1) is 16.2. The third kappa shape index (κ3) is 7.56. The third-order valence-electron chi connectivity index (χ3n) is 5.94. The average molecular weight is 525 g/mol. The van der Waals surface area contributed by atoms with E-state index in [1.165, 1.54) is 5.56 Å². The molecule has 0 saturated carbocycles. The van der Waals surface area contributed by atoms with Crippen LogP contribution in [0.2, 0.25) is 0 Å². The number of aliphatic hydroxyl groups excluding tert-OH is 1. The van der Waals surface area contributed by atoms with Crippen LogP contribution in [0.1, 0.15) is 24.1 Å².